The van der Waals surface area contributed by atoms with E-state index in [1.54, 1.807) is 43.3 Å². The molecule has 0 radical (unpaired) electrons. The van der Waals surface area contributed by atoms with Gasteiger partial charge in [0.1, 0.15) is 17.1 Å². The van der Waals surface area contributed by atoms with Crippen molar-refractivity contribution in [1.29, 1.82) is 0 Å². The van der Waals surface area contributed by atoms with E-state index in [-0.39, 0.29) is 17.1 Å². The van der Waals surface area contributed by atoms with Crippen LogP contribution in [-0.4, -0.2) is 30.2 Å². The van der Waals surface area contributed by atoms with Gasteiger partial charge in [0.2, 0.25) is 0 Å². The molecular weight excluding hydrogens is 468 g/mol. The molecule has 0 unspecified atom stereocenters. The van der Waals surface area contributed by atoms with E-state index in [1.165, 1.54) is 12.1 Å². The summed E-state index contributed by atoms with van der Waals surface area (Å²) in [7, 11) is 3.49. The minimum absolute atomic E-state index is 0.154. The molecule has 9 heteroatoms. The van der Waals surface area contributed by atoms with Gasteiger partial charge in [0.15, 0.2) is 11.6 Å². The van der Waals surface area contributed by atoms with Crippen molar-refractivity contribution in [3.63, 3.8) is 0 Å². The monoisotopic (exact) mass is 491 g/mol. The van der Waals surface area contributed by atoms with Gasteiger partial charge >= 0.3 is 5.97 Å². The number of pyridine rings is 1. The fourth-order valence-corrected chi connectivity index (χ4v) is 3.46. The summed E-state index contributed by atoms with van der Waals surface area (Å²) in [5.74, 6) is -4.48. The number of ether oxygens (including phenoxy) is 2. The summed E-state index contributed by atoms with van der Waals surface area (Å²) in [6.07, 6.45) is 0. The van der Waals surface area contributed by atoms with Gasteiger partial charge in [-0.05, 0) is 53.1 Å². The van der Waals surface area contributed by atoms with Crippen molar-refractivity contribution >= 4 is 11.7 Å². The number of aromatic nitrogens is 1. The summed E-state index contributed by atoms with van der Waals surface area (Å²) < 4.78 is 40.1. The lowest BCUT2D eigenvalue weighted by Gasteiger charge is -2.16. The molecule has 0 atom stereocenters. The summed E-state index contributed by atoms with van der Waals surface area (Å²) in [5, 5.41) is 9.56. The molecule has 0 aliphatic heterocycles. The van der Waals surface area contributed by atoms with Crippen LogP contribution < -0.4 is 20.1 Å². The average Bonchev–Trinajstić information content (AvgIpc) is 2.87. The number of carbonyl (C=O) groups is 1. The maximum Gasteiger partial charge on any atom is 0.339 e. The molecule has 0 spiro atoms. The lowest BCUT2D eigenvalue weighted by atomic mass is 10.0. The van der Waals surface area contributed by atoms with E-state index in [9.17, 15) is 18.7 Å². The van der Waals surface area contributed by atoms with Crippen LogP contribution in [0.2, 0.25) is 0 Å². The molecule has 184 valence electrons. The minimum atomic E-state index is -1.27. The van der Waals surface area contributed by atoms with E-state index in [0.29, 0.717) is 18.3 Å². The molecule has 0 amide bonds. The lowest BCUT2D eigenvalue weighted by molar-refractivity contribution is 0.0694. The first-order valence-corrected chi connectivity index (χ1v) is 10.9. The predicted octanol–water partition coefficient (Wildman–Crippen LogP) is 5.83. The standard InChI is InChI=1S/C27H23F2N3O4/c1-32(2)19-9-10-24(21(13-19)27(33)34)36-26-23(29)14-22(28)25(31-26)35-20-8-4-7-18(12-20)17-6-3-5-16(11-17)15-30/h3-14H,15,30H2,1-2H3,(H,33,34). The third kappa shape index (κ3) is 5.42. The summed E-state index contributed by atoms with van der Waals surface area (Å²) in [6, 6.07) is 19.4. The zero-order valence-electron chi connectivity index (χ0n) is 19.5. The molecule has 3 aromatic carbocycles. The van der Waals surface area contributed by atoms with Crippen molar-refractivity contribution < 1.29 is 28.2 Å². The Kier molecular flexibility index (Phi) is 7.12. The van der Waals surface area contributed by atoms with E-state index in [2.05, 4.69) is 4.98 Å². The van der Waals surface area contributed by atoms with Crippen molar-refractivity contribution in [1.82, 2.24) is 4.98 Å². The highest BCUT2D eigenvalue weighted by molar-refractivity contribution is 5.92. The Morgan fingerprint density at radius 1 is 0.917 bits per heavy atom. The van der Waals surface area contributed by atoms with E-state index >= 15 is 0 Å². The fraction of sp³-hybridized carbons (Fsp3) is 0.111. The first-order valence-electron chi connectivity index (χ1n) is 10.9. The third-order valence-electron chi connectivity index (χ3n) is 5.33. The summed E-state index contributed by atoms with van der Waals surface area (Å²) in [6.45, 7) is 0.388. The van der Waals surface area contributed by atoms with Crippen molar-refractivity contribution in [3.05, 3.63) is 95.6 Å². The number of aromatic carboxylic acids is 1. The number of nitrogens with two attached hydrogens (primary N) is 1. The van der Waals surface area contributed by atoms with Crippen molar-refractivity contribution in [2.24, 2.45) is 5.73 Å². The first-order chi connectivity index (χ1) is 17.2. The number of halogens is 2. The Morgan fingerprint density at radius 3 is 2.25 bits per heavy atom. The Bertz CT molecular complexity index is 1430. The summed E-state index contributed by atoms with van der Waals surface area (Å²) >= 11 is 0. The van der Waals surface area contributed by atoms with Gasteiger partial charge in [-0.3, -0.25) is 0 Å². The molecule has 4 rings (SSSR count). The Hall–Kier alpha value is -4.50. The van der Waals surface area contributed by atoms with Crippen LogP contribution in [0.1, 0.15) is 15.9 Å². The highest BCUT2D eigenvalue weighted by atomic mass is 19.1. The fourth-order valence-electron chi connectivity index (χ4n) is 3.46. The van der Waals surface area contributed by atoms with E-state index in [4.69, 9.17) is 15.2 Å². The van der Waals surface area contributed by atoms with Crippen LogP contribution in [-0.2, 0) is 6.54 Å². The van der Waals surface area contributed by atoms with Crippen LogP contribution in [0.25, 0.3) is 11.1 Å². The highest BCUT2D eigenvalue weighted by Gasteiger charge is 2.20. The average molecular weight is 491 g/mol. The molecule has 7 nitrogen and oxygen atoms in total. The minimum Gasteiger partial charge on any atom is -0.478 e. The molecule has 0 aliphatic rings. The van der Waals surface area contributed by atoms with Gasteiger partial charge in [-0.25, -0.2) is 13.6 Å². The SMILES string of the molecule is CN(C)c1ccc(Oc2nc(Oc3cccc(-c4cccc(CN)c4)c3)c(F)cc2F)c(C(=O)O)c1. The van der Waals surface area contributed by atoms with Crippen molar-refractivity contribution in [2.75, 3.05) is 19.0 Å². The van der Waals surface area contributed by atoms with Gasteiger partial charge in [-0.1, -0.05) is 30.3 Å². The molecule has 0 saturated carbocycles. The van der Waals surface area contributed by atoms with Crippen LogP contribution in [0, 0.1) is 11.6 Å². The number of nitrogens with zero attached hydrogens (tertiary/aromatic N) is 2. The number of hydrogen-bond donors (Lipinski definition) is 2. The zero-order valence-corrected chi connectivity index (χ0v) is 19.5. The molecule has 4 aromatic rings. The quantitative estimate of drug-likeness (QED) is 0.320. The summed E-state index contributed by atoms with van der Waals surface area (Å²) in [4.78, 5) is 17.3. The number of carboxylic acids is 1. The number of rotatable bonds is 8. The molecule has 1 aromatic heterocycles. The smallest absolute Gasteiger partial charge is 0.339 e. The molecule has 1 heterocycles. The second-order valence-electron chi connectivity index (χ2n) is 8.08. The zero-order chi connectivity index (χ0) is 25.8. The van der Waals surface area contributed by atoms with E-state index in [1.807, 2.05) is 30.3 Å². The van der Waals surface area contributed by atoms with Crippen molar-refractivity contribution in [2.45, 2.75) is 6.54 Å². The van der Waals surface area contributed by atoms with Crippen LogP contribution in [0.4, 0.5) is 14.5 Å². The number of carboxylic acid groups (broad SMARTS) is 1. The second kappa shape index (κ2) is 10.4. The largest absolute Gasteiger partial charge is 0.478 e. The normalized spacial score (nSPS) is 10.7. The van der Waals surface area contributed by atoms with Gasteiger partial charge in [-0.15, -0.1) is 0 Å². The van der Waals surface area contributed by atoms with Gasteiger partial charge in [0.25, 0.3) is 11.8 Å². The maximum absolute atomic E-state index is 14.5. The molecular formula is C27H23F2N3O4. The van der Waals surface area contributed by atoms with Crippen molar-refractivity contribution in [3.8, 4) is 34.4 Å². The predicted molar refractivity (Wildman–Crippen MR) is 132 cm³/mol. The van der Waals surface area contributed by atoms with Gasteiger partial charge in [-0.2, -0.15) is 4.98 Å². The van der Waals surface area contributed by atoms with Gasteiger partial charge < -0.3 is 25.2 Å². The van der Waals surface area contributed by atoms with Crippen LogP contribution in [0.3, 0.4) is 0 Å². The third-order valence-corrected chi connectivity index (χ3v) is 5.33. The summed E-state index contributed by atoms with van der Waals surface area (Å²) in [5.41, 5.74) is 8.76. The molecule has 0 aliphatic carbocycles. The van der Waals surface area contributed by atoms with Crippen LogP contribution in [0.15, 0.2) is 72.8 Å². The van der Waals surface area contributed by atoms with E-state index in [0.717, 1.165) is 16.7 Å². The number of anilines is 1. The highest BCUT2D eigenvalue weighted by Crippen LogP contribution is 2.33. The first kappa shape index (κ1) is 24.6. The molecule has 36 heavy (non-hydrogen) atoms. The van der Waals surface area contributed by atoms with Gasteiger partial charge in [0.05, 0.1) is 0 Å². The van der Waals surface area contributed by atoms with Gasteiger partial charge in [0, 0.05) is 32.4 Å². The molecule has 3 N–H and O–H groups in total. The maximum atomic E-state index is 14.5. The molecule has 0 fully saturated rings. The lowest BCUT2D eigenvalue weighted by Crippen LogP contribution is -2.10. The molecule has 0 saturated heterocycles. The number of hydrogen-bond acceptors (Lipinski definition) is 6. The Morgan fingerprint density at radius 2 is 1.58 bits per heavy atom. The topological polar surface area (TPSA) is 97.9 Å². The number of benzene rings is 3. The second-order valence-corrected chi connectivity index (χ2v) is 8.08. The Balaban J connectivity index is 1.64. The Labute approximate surface area is 206 Å². The van der Waals surface area contributed by atoms with Crippen LogP contribution in [0.5, 0.6) is 23.3 Å². The van der Waals surface area contributed by atoms with Crippen LogP contribution >= 0.6 is 0 Å². The van der Waals surface area contributed by atoms with E-state index < -0.39 is 29.4 Å². The molecule has 0 bridgehead atoms.